The molecular formula is C14H22N2O. The molecule has 0 aromatic heterocycles. The monoisotopic (exact) mass is 234 g/mol. The van der Waals surface area contributed by atoms with Gasteiger partial charge in [-0.3, -0.25) is 0 Å². The van der Waals surface area contributed by atoms with E-state index in [0.29, 0.717) is 6.04 Å². The third kappa shape index (κ3) is 2.68. The third-order valence-electron chi connectivity index (χ3n) is 3.73. The van der Waals surface area contributed by atoms with Crippen LogP contribution in [0.5, 0.6) is 0 Å². The molecule has 3 nitrogen and oxygen atoms in total. The number of nitrogens with zero attached hydrogens (tertiary/aromatic N) is 2. The molecule has 0 radical (unpaired) electrons. The van der Waals surface area contributed by atoms with Crippen molar-refractivity contribution in [2.75, 3.05) is 20.2 Å². The second kappa shape index (κ2) is 5.63. The van der Waals surface area contributed by atoms with Crippen LogP contribution in [-0.2, 0) is 0 Å². The van der Waals surface area contributed by atoms with Crippen LogP contribution in [0.4, 0.5) is 0 Å². The highest BCUT2D eigenvalue weighted by Crippen LogP contribution is 2.26. The smallest absolute Gasteiger partial charge is 0.0723 e. The number of hydrazine groups is 1. The van der Waals surface area contributed by atoms with Crippen molar-refractivity contribution in [3.8, 4) is 0 Å². The van der Waals surface area contributed by atoms with Gasteiger partial charge in [0, 0.05) is 19.6 Å². The van der Waals surface area contributed by atoms with E-state index in [1.165, 1.54) is 18.4 Å². The summed E-state index contributed by atoms with van der Waals surface area (Å²) < 4.78 is 0. The van der Waals surface area contributed by atoms with Crippen molar-refractivity contribution in [2.45, 2.75) is 31.8 Å². The van der Waals surface area contributed by atoms with Crippen LogP contribution in [0.2, 0.25) is 0 Å². The molecule has 0 spiro atoms. The lowest BCUT2D eigenvalue weighted by Crippen LogP contribution is -2.45. The van der Waals surface area contributed by atoms with E-state index in [1.54, 1.807) is 0 Å². The summed E-state index contributed by atoms with van der Waals surface area (Å²) in [4.78, 5) is 0. The Morgan fingerprint density at radius 1 is 1.41 bits per heavy atom. The Kier molecular flexibility index (Phi) is 4.15. The van der Waals surface area contributed by atoms with Gasteiger partial charge in [-0.25, -0.2) is 10.0 Å². The standard InChI is InChI=1S/C14H22N2O/c1-12-7-6-10-16(12)15(2)14(11-17)13-8-4-3-5-9-13/h3-5,8-9,12,14,17H,6-7,10-11H2,1-2H3/t12-,14-/m0/s1. The van der Waals surface area contributed by atoms with Crippen molar-refractivity contribution in [3.05, 3.63) is 35.9 Å². The minimum absolute atomic E-state index is 0.0664. The summed E-state index contributed by atoms with van der Waals surface area (Å²) in [5.41, 5.74) is 1.18. The average molecular weight is 234 g/mol. The topological polar surface area (TPSA) is 26.7 Å². The molecule has 1 aromatic carbocycles. The molecule has 0 unspecified atom stereocenters. The van der Waals surface area contributed by atoms with Crippen molar-refractivity contribution in [2.24, 2.45) is 0 Å². The first kappa shape index (κ1) is 12.6. The number of aliphatic hydroxyl groups is 1. The second-order valence-corrected chi connectivity index (χ2v) is 4.84. The lowest BCUT2D eigenvalue weighted by Gasteiger charge is -2.37. The molecule has 0 saturated carbocycles. The van der Waals surface area contributed by atoms with Crippen molar-refractivity contribution in [1.29, 1.82) is 0 Å². The molecule has 3 heteroatoms. The number of hydrogen-bond acceptors (Lipinski definition) is 3. The highest BCUT2D eigenvalue weighted by molar-refractivity contribution is 5.18. The predicted octanol–water partition coefficient (Wildman–Crippen LogP) is 2.05. The van der Waals surface area contributed by atoms with Crippen LogP contribution in [0.1, 0.15) is 31.4 Å². The van der Waals surface area contributed by atoms with Crippen molar-refractivity contribution < 1.29 is 5.11 Å². The first-order chi connectivity index (χ1) is 8.24. The molecule has 17 heavy (non-hydrogen) atoms. The number of rotatable bonds is 4. The molecule has 1 aliphatic rings. The van der Waals surface area contributed by atoms with E-state index in [4.69, 9.17) is 0 Å². The largest absolute Gasteiger partial charge is 0.394 e. The molecular weight excluding hydrogens is 212 g/mol. The zero-order chi connectivity index (χ0) is 12.3. The molecule has 1 heterocycles. The van der Waals surface area contributed by atoms with E-state index in [1.807, 2.05) is 18.2 Å². The summed E-state index contributed by atoms with van der Waals surface area (Å²) in [6, 6.07) is 10.9. The maximum atomic E-state index is 9.63. The first-order valence-electron chi connectivity index (χ1n) is 6.39. The summed E-state index contributed by atoms with van der Waals surface area (Å²) >= 11 is 0. The Morgan fingerprint density at radius 3 is 2.65 bits per heavy atom. The zero-order valence-electron chi connectivity index (χ0n) is 10.7. The van der Waals surface area contributed by atoms with Crippen LogP contribution >= 0.6 is 0 Å². The van der Waals surface area contributed by atoms with Crippen LogP contribution in [0.3, 0.4) is 0 Å². The third-order valence-corrected chi connectivity index (χ3v) is 3.73. The van der Waals surface area contributed by atoms with Crippen LogP contribution in [0.25, 0.3) is 0 Å². The molecule has 1 N–H and O–H groups in total. The second-order valence-electron chi connectivity index (χ2n) is 4.84. The van der Waals surface area contributed by atoms with Gasteiger partial charge < -0.3 is 5.11 Å². The quantitative estimate of drug-likeness (QED) is 0.863. The lowest BCUT2D eigenvalue weighted by molar-refractivity contribution is -0.0602. The lowest BCUT2D eigenvalue weighted by atomic mass is 10.1. The molecule has 0 aliphatic carbocycles. The first-order valence-corrected chi connectivity index (χ1v) is 6.39. The van der Waals surface area contributed by atoms with Gasteiger partial charge in [-0.1, -0.05) is 30.3 Å². The van der Waals surface area contributed by atoms with Crippen molar-refractivity contribution in [1.82, 2.24) is 10.0 Å². The number of likely N-dealkylation sites (N-methyl/N-ethyl adjacent to an activating group) is 1. The van der Waals surface area contributed by atoms with E-state index in [9.17, 15) is 5.11 Å². The fourth-order valence-electron chi connectivity index (χ4n) is 2.68. The molecule has 1 aromatic rings. The molecule has 0 bridgehead atoms. The molecule has 2 atom stereocenters. The Morgan fingerprint density at radius 2 is 2.12 bits per heavy atom. The summed E-state index contributed by atoms with van der Waals surface area (Å²) in [7, 11) is 2.08. The van der Waals surface area contributed by atoms with Gasteiger partial charge in [0.25, 0.3) is 0 Å². The van der Waals surface area contributed by atoms with Gasteiger partial charge in [0.05, 0.1) is 12.6 Å². The van der Waals surface area contributed by atoms with E-state index >= 15 is 0 Å². The zero-order valence-corrected chi connectivity index (χ0v) is 10.7. The van der Waals surface area contributed by atoms with Crippen LogP contribution in [-0.4, -0.2) is 41.4 Å². The van der Waals surface area contributed by atoms with Crippen molar-refractivity contribution in [3.63, 3.8) is 0 Å². The summed E-state index contributed by atoms with van der Waals surface area (Å²) in [5, 5.41) is 14.2. The van der Waals surface area contributed by atoms with E-state index in [2.05, 4.69) is 36.1 Å². The fraction of sp³-hybridized carbons (Fsp3) is 0.571. The van der Waals surface area contributed by atoms with Gasteiger partial charge in [-0.2, -0.15) is 0 Å². The Balaban J connectivity index is 2.13. The van der Waals surface area contributed by atoms with Gasteiger partial charge >= 0.3 is 0 Å². The molecule has 1 saturated heterocycles. The van der Waals surface area contributed by atoms with Crippen LogP contribution < -0.4 is 0 Å². The Hall–Kier alpha value is -0.900. The van der Waals surface area contributed by atoms with Gasteiger partial charge in [-0.05, 0) is 25.3 Å². The highest BCUT2D eigenvalue weighted by atomic mass is 16.3. The summed E-state index contributed by atoms with van der Waals surface area (Å²) in [6.45, 7) is 3.51. The molecule has 2 rings (SSSR count). The number of hydrogen-bond donors (Lipinski definition) is 1. The molecule has 1 aliphatic heterocycles. The molecule has 94 valence electrons. The Bertz CT molecular complexity index is 341. The van der Waals surface area contributed by atoms with Crippen LogP contribution in [0, 0.1) is 0 Å². The van der Waals surface area contributed by atoms with Gasteiger partial charge in [-0.15, -0.1) is 0 Å². The van der Waals surface area contributed by atoms with E-state index in [-0.39, 0.29) is 12.6 Å². The normalized spacial score (nSPS) is 23.2. The van der Waals surface area contributed by atoms with Gasteiger partial charge in [0.1, 0.15) is 0 Å². The molecule has 0 amide bonds. The minimum atomic E-state index is 0.0664. The number of benzene rings is 1. The highest BCUT2D eigenvalue weighted by Gasteiger charge is 2.28. The fourth-order valence-corrected chi connectivity index (χ4v) is 2.68. The van der Waals surface area contributed by atoms with Crippen molar-refractivity contribution >= 4 is 0 Å². The SMILES string of the molecule is C[C@H]1CCCN1N(C)[C@@H](CO)c1ccccc1. The average Bonchev–Trinajstić information content (AvgIpc) is 2.77. The predicted molar refractivity (Wildman–Crippen MR) is 69.4 cm³/mol. The summed E-state index contributed by atoms with van der Waals surface area (Å²) in [5.74, 6) is 0. The van der Waals surface area contributed by atoms with E-state index < -0.39 is 0 Å². The van der Waals surface area contributed by atoms with Crippen LogP contribution in [0.15, 0.2) is 30.3 Å². The maximum absolute atomic E-state index is 9.63. The summed E-state index contributed by atoms with van der Waals surface area (Å²) in [6.07, 6.45) is 2.50. The van der Waals surface area contributed by atoms with Gasteiger partial charge in [0.2, 0.25) is 0 Å². The number of aliphatic hydroxyl groups excluding tert-OH is 1. The molecule has 1 fully saturated rings. The minimum Gasteiger partial charge on any atom is -0.394 e. The Labute approximate surface area is 104 Å². The maximum Gasteiger partial charge on any atom is 0.0723 e. The van der Waals surface area contributed by atoms with Gasteiger partial charge in [0.15, 0.2) is 0 Å². The van der Waals surface area contributed by atoms with E-state index in [0.717, 1.165) is 6.54 Å².